The maximum atomic E-state index is 2.58. The summed E-state index contributed by atoms with van der Waals surface area (Å²) >= 11 is -0.516. The standard InChI is InChI=1S/C25H26.Sc/c1-16-8-9-17(2)23-13-20(12-22(16)23)6-5-7-21-14-24-18(3)10-11-19(4)25(24)15-21;/h8-15H,5-7H2,1-4H3;. The van der Waals surface area contributed by atoms with Gasteiger partial charge in [0, 0.05) is 0 Å². The molecule has 26 heavy (non-hydrogen) atoms. The molecule has 0 nitrogen and oxygen atoms in total. The van der Waals surface area contributed by atoms with E-state index in [-0.39, 0.29) is 0 Å². The molecule has 0 saturated carbocycles. The first-order chi connectivity index (χ1) is 12.5. The number of hydrogen-bond donors (Lipinski definition) is 0. The predicted octanol–water partition coefficient (Wildman–Crippen LogP) is 6.76. The molecule has 1 fully saturated rings. The zero-order valence-corrected chi connectivity index (χ0v) is 18.1. The third-order valence-electron chi connectivity index (χ3n) is 6.84. The molecule has 2 aromatic carbocycles. The van der Waals surface area contributed by atoms with Gasteiger partial charge in [0.15, 0.2) is 0 Å². The molecular formula is C25H26Sc. The second-order valence-corrected chi connectivity index (χ2v) is 11.2. The van der Waals surface area contributed by atoms with Gasteiger partial charge in [0.2, 0.25) is 0 Å². The summed E-state index contributed by atoms with van der Waals surface area (Å²) in [5.74, 6) is 0. The van der Waals surface area contributed by atoms with Gasteiger partial charge in [-0.25, -0.2) is 0 Å². The summed E-state index contributed by atoms with van der Waals surface area (Å²) in [5.41, 5.74) is 16.0. The van der Waals surface area contributed by atoms with Gasteiger partial charge in [0.05, 0.1) is 0 Å². The van der Waals surface area contributed by atoms with Crippen molar-refractivity contribution in [1.29, 1.82) is 0 Å². The second kappa shape index (κ2) is 6.16. The van der Waals surface area contributed by atoms with Gasteiger partial charge >= 0.3 is 169 Å². The molecule has 1 heterocycles. The van der Waals surface area contributed by atoms with E-state index in [0.29, 0.717) is 0 Å². The van der Waals surface area contributed by atoms with E-state index in [1.54, 1.807) is 33.4 Å². The van der Waals surface area contributed by atoms with E-state index in [0.717, 1.165) is 7.35 Å². The molecule has 2 atom stereocenters. The molecule has 0 spiro atoms. The van der Waals surface area contributed by atoms with Crippen molar-refractivity contribution in [2.24, 2.45) is 0 Å². The monoisotopic (exact) mass is 371 g/mol. The van der Waals surface area contributed by atoms with Gasteiger partial charge in [0.25, 0.3) is 0 Å². The van der Waals surface area contributed by atoms with Crippen LogP contribution in [0.15, 0.2) is 35.4 Å². The van der Waals surface area contributed by atoms with Crippen molar-refractivity contribution in [3.05, 3.63) is 79.9 Å². The van der Waals surface area contributed by atoms with Gasteiger partial charge in [-0.05, 0) is 0 Å². The van der Waals surface area contributed by atoms with Crippen molar-refractivity contribution in [3.8, 4) is 0 Å². The third kappa shape index (κ3) is 2.43. The molecule has 0 bridgehead atoms. The summed E-state index contributed by atoms with van der Waals surface area (Å²) in [4.78, 5) is 0. The molecule has 2 unspecified atom stereocenters. The van der Waals surface area contributed by atoms with Gasteiger partial charge in [-0.15, -0.1) is 0 Å². The number of fused-ring (bicyclic) bond motifs is 6. The van der Waals surface area contributed by atoms with Gasteiger partial charge < -0.3 is 0 Å². The van der Waals surface area contributed by atoms with Crippen LogP contribution in [0.25, 0.3) is 12.2 Å². The molecule has 1 heteroatoms. The molecule has 0 N–H and O–H groups in total. The van der Waals surface area contributed by atoms with Crippen LogP contribution in [0.2, 0.25) is 0 Å². The fraction of sp³-hybridized carbons (Fsp3) is 0.360. The topological polar surface area (TPSA) is 0 Å². The molecule has 1 aliphatic heterocycles. The Morgan fingerprint density at radius 1 is 0.654 bits per heavy atom. The van der Waals surface area contributed by atoms with Crippen molar-refractivity contribution in [1.82, 2.24) is 0 Å². The molecule has 129 valence electrons. The Morgan fingerprint density at radius 2 is 1.08 bits per heavy atom. The van der Waals surface area contributed by atoms with Crippen molar-refractivity contribution in [2.45, 2.75) is 54.3 Å². The van der Waals surface area contributed by atoms with Gasteiger partial charge in [0.1, 0.15) is 0 Å². The van der Waals surface area contributed by atoms with Crippen molar-refractivity contribution in [3.63, 3.8) is 0 Å². The van der Waals surface area contributed by atoms with Crippen LogP contribution in [0.1, 0.15) is 71.1 Å². The van der Waals surface area contributed by atoms with Crippen LogP contribution in [0.3, 0.4) is 0 Å². The first-order valence-electron chi connectivity index (χ1n) is 10.0. The Morgan fingerprint density at radius 3 is 1.54 bits per heavy atom. The Labute approximate surface area is 168 Å². The van der Waals surface area contributed by atoms with Crippen molar-refractivity contribution >= 4 is 12.2 Å². The van der Waals surface area contributed by atoms with E-state index in [1.807, 2.05) is 0 Å². The van der Waals surface area contributed by atoms with Gasteiger partial charge in [-0.2, -0.15) is 0 Å². The minimum atomic E-state index is -0.516. The van der Waals surface area contributed by atoms with Crippen LogP contribution in [0, 0.1) is 27.7 Å². The molecule has 5 rings (SSSR count). The van der Waals surface area contributed by atoms with Crippen LogP contribution in [0.5, 0.6) is 0 Å². The van der Waals surface area contributed by atoms with Crippen molar-refractivity contribution in [2.75, 3.05) is 0 Å². The fourth-order valence-electron chi connectivity index (χ4n) is 5.42. The number of rotatable bonds is 0. The molecule has 0 amide bonds. The molecular weight excluding hydrogens is 345 g/mol. The Bertz CT molecular complexity index is 910. The Hall–Kier alpha value is -1.21. The van der Waals surface area contributed by atoms with Crippen molar-refractivity contribution < 1.29 is 22.9 Å². The molecule has 3 aliphatic rings. The van der Waals surface area contributed by atoms with E-state index in [9.17, 15) is 0 Å². The summed E-state index contributed by atoms with van der Waals surface area (Å²) in [6, 6.07) is 9.35. The second-order valence-electron chi connectivity index (χ2n) is 8.49. The van der Waals surface area contributed by atoms with E-state index in [2.05, 4.69) is 64.1 Å². The predicted molar refractivity (Wildman–Crippen MR) is 107 cm³/mol. The molecule has 0 radical (unpaired) electrons. The SMILES string of the molecule is Cc1ccc(C)c2c1C=C1CCCC3=Cc4c(C)ccc(C)c4[CH]3[Sc][CH]12. The number of benzene rings is 2. The first-order valence-corrected chi connectivity index (χ1v) is 12.1. The number of allylic oxidation sites excluding steroid dienone is 2. The van der Waals surface area contributed by atoms with Crippen LogP contribution in [0.4, 0.5) is 0 Å². The summed E-state index contributed by atoms with van der Waals surface area (Å²) in [6.45, 7) is 9.25. The maximum absolute atomic E-state index is 2.58. The number of aryl methyl sites for hydroxylation is 4. The van der Waals surface area contributed by atoms with E-state index in [4.69, 9.17) is 0 Å². The average Bonchev–Trinajstić information content (AvgIpc) is 3.14. The quantitative estimate of drug-likeness (QED) is 0.480. The molecule has 0 aromatic heterocycles. The van der Waals surface area contributed by atoms with Crippen LogP contribution in [-0.2, 0) is 22.9 Å². The van der Waals surface area contributed by atoms with Gasteiger partial charge in [-0.3, -0.25) is 0 Å². The zero-order chi connectivity index (χ0) is 18.0. The Balaban J connectivity index is 1.65. The Kier molecular flexibility index (Phi) is 4.01. The average molecular weight is 371 g/mol. The molecule has 1 saturated heterocycles. The fourth-order valence-corrected chi connectivity index (χ4v) is 9.60. The number of hydrogen-bond acceptors (Lipinski definition) is 0. The normalized spacial score (nSPS) is 22.6. The van der Waals surface area contributed by atoms with E-state index >= 15 is 0 Å². The van der Waals surface area contributed by atoms with Crippen LogP contribution >= 0.6 is 0 Å². The van der Waals surface area contributed by atoms with Crippen LogP contribution < -0.4 is 0 Å². The zero-order valence-electron chi connectivity index (χ0n) is 16.3. The molecule has 2 aromatic rings. The first kappa shape index (κ1) is 16.9. The van der Waals surface area contributed by atoms with E-state index < -0.39 is 22.9 Å². The summed E-state index contributed by atoms with van der Waals surface area (Å²) < 4.78 is 1.54. The van der Waals surface area contributed by atoms with Gasteiger partial charge in [-0.1, -0.05) is 0 Å². The van der Waals surface area contributed by atoms with E-state index in [1.165, 1.54) is 41.5 Å². The third-order valence-corrected chi connectivity index (χ3v) is 10.4. The minimum absolute atomic E-state index is 0.516. The summed E-state index contributed by atoms with van der Waals surface area (Å²) in [5, 5.41) is 0. The summed E-state index contributed by atoms with van der Waals surface area (Å²) in [6.07, 6.45) is 9.07. The van der Waals surface area contributed by atoms with Crippen LogP contribution in [-0.4, -0.2) is 0 Å². The molecule has 2 aliphatic carbocycles. The summed E-state index contributed by atoms with van der Waals surface area (Å²) in [7, 11) is 0.